The molecule has 0 radical (unpaired) electrons. The normalized spacial score (nSPS) is 15.4. The van der Waals surface area contributed by atoms with Crippen LogP contribution in [0.2, 0.25) is 0 Å². The van der Waals surface area contributed by atoms with E-state index in [0.29, 0.717) is 34.0 Å². The van der Waals surface area contributed by atoms with Crippen molar-refractivity contribution in [2.45, 2.75) is 23.8 Å². The molecule has 2 aromatic heterocycles. The summed E-state index contributed by atoms with van der Waals surface area (Å²) < 4.78 is 22.4. The van der Waals surface area contributed by atoms with Crippen molar-refractivity contribution in [3.63, 3.8) is 0 Å². The maximum absolute atomic E-state index is 11.9. The Balaban J connectivity index is 2.19. The lowest BCUT2D eigenvalue weighted by atomic mass is 10.1. The van der Waals surface area contributed by atoms with Gasteiger partial charge in [0, 0.05) is 12.2 Å². The molecule has 1 aliphatic carbocycles. The van der Waals surface area contributed by atoms with Crippen LogP contribution in [-0.4, -0.2) is 44.6 Å². The van der Waals surface area contributed by atoms with Gasteiger partial charge in [-0.1, -0.05) is 0 Å². The van der Waals surface area contributed by atoms with Gasteiger partial charge >= 0.3 is 0 Å². The largest absolute Gasteiger partial charge is 0.492 e. The van der Waals surface area contributed by atoms with Crippen LogP contribution in [0.3, 0.4) is 0 Å². The van der Waals surface area contributed by atoms with E-state index in [1.54, 1.807) is 13.4 Å². The fraction of sp³-hybridized carbons (Fsp3) is 0.429. The van der Waals surface area contributed by atoms with E-state index in [-0.39, 0.29) is 0 Å². The van der Waals surface area contributed by atoms with Crippen LogP contribution in [0.15, 0.2) is 17.6 Å². The third kappa shape index (κ3) is 2.66. The third-order valence-electron chi connectivity index (χ3n) is 3.44. The Morgan fingerprint density at radius 2 is 1.95 bits per heavy atom. The van der Waals surface area contributed by atoms with Crippen molar-refractivity contribution >= 4 is 10.8 Å². The van der Waals surface area contributed by atoms with E-state index in [0.717, 1.165) is 18.5 Å². The molecule has 3 rings (SSSR count). The van der Waals surface area contributed by atoms with Gasteiger partial charge in [-0.05, 0) is 12.8 Å². The van der Waals surface area contributed by atoms with Crippen molar-refractivity contribution < 1.29 is 13.7 Å². The maximum Gasteiger partial charge on any atom is 0.227 e. The number of ether oxygens (including phenoxy) is 2. The van der Waals surface area contributed by atoms with E-state index in [9.17, 15) is 4.21 Å². The molecule has 0 spiro atoms. The third-order valence-corrected chi connectivity index (χ3v) is 4.27. The molecular weight excluding hydrogens is 304 g/mol. The van der Waals surface area contributed by atoms with E-state index >= 15 is 0 Å². The van der Waals surface area contributed by atoms with Crippen LogP contribution in [0.4, 0.5) is 0 Å². The molecule has 22 heavy (non-hydrogen) atoms. The van der Waals surface area contributed by atoms with E-state index in [4.69, 9.17) is 9.47 Å². The summed E-state index contributed by atoms with van der Waals surface area (Å²) in [6, 6.07) is 0. The monoisotopic (exact) mass is 320 g/mol. The maximum atomic E-state index is 11.9. The van der Waals surface area contributed by atoms with Crippen LogP contribution < -0.4 is 9.47 Å². The van der Waals surface area contributed by atoms with Crippen molar-refractivity contribution in [2.24, 2.45) is 0 Å². The minimum Gasteiger partial charge on any atom is -0.492 e. The summed E-state index contributed by atoms with van der Waals surface area (Å²) in [5.74, 6) is 1.61. The fourth-order valence-electron chi connectivity index (χ4n) is 2.23. The summed E-state index contributed by atoms with van der Waals surface area (Å²) in [7, 11) is 1.75. The average molecular weight is 320 g/mol. The lowest BCUT2D eigenvalue weighted by Crippen LogP contribution is -2.05. The lowest BCUT2D eigenvalue weighted by Gasteiger charge is -2.12. The molecule has 0 saturated heterocycles. The Morgan fingerprint density at radius 3 is 2.55 bits per heavy atom. The SMILES string of the molecule is COc1cnc(-c2c(OC)ncnc2C2CC2)nc1S(C)=O. The summed E-state index contributed by atoms with van der Waals surface area (Å²) in [6.07, 6.45) is 6.71. The molecule has 0 amide bonds. The topological polar surface area (TPSA) is 87.1 Å². The summed E-state index contributed by atoms with van der Waals surface area (Å²) in [4.78, 5) is 17.2. The first-order chi connectivity index (χ1) is 10.7. The zero-order chi connectivity index (χ0) is 15.7. The van der Waals surface area contributed by atoms with Crippen LogP contribution in [0.1, 0.15) is 24.5 Å². The Hall–Kier alpha value is -2.09. The molecule has 116 valence electrons. The highest BCUT2D eigenvalue weighted by Gasteiger charge is 2.31. The zero-order valence-corrected chi connectivity index (χ0v) is 13.4. The highest BCUT2D eigenvalue weighted by atomic mass is 32.2. The number of rotatable bonds is 5. The Bertz CT molecular complexity index is 734. The molecule has 1 atom stereocenters. The van der Waals surface area contributed by atoms with Gasteiger partial charge in [0.2, 0.25) is 5.88 Å². The molecule has 8 heteroatoms. The van der Waals surface area contributed by atoms with Gasteiger partial charge in [-0.3, -0.25) is 4.21 Å². The summed E-state index contributed by atoms with van der Waals surface area (Å²) in [5, 5.41) is 0.347. The van der Waals surface area contributed by atoms with Gasteiger partial charge in [-0.15, -0.1) is 0 Å². The Labute approximate surface area is 130 Å². The van der Waals surface area contributed by atoms with Gasteiger partial charge in [-0.2, -0.15) is 0 Å². The lowest BCUT2D eigenvalue weighted by molar-refractivity contribution is 0.394. The van der Waals surface area contributed by atoms with Gasteiger partial charge in [-0.25, -0.2) is 19.9 Å². The number of aromatic nitrogens is 4. The second-order valence-electron chi connectivity index (χ2n) is 4.94. The first-order valence-corrected chi connectivity index (χ1v) is 8.35. The molecule has 0 N–H and O–H groups in total. The molecule has 1 saturated carbocycles. The molecule has 7 nitrogen and oxygen atoms in total. The molecule has 1 aliphatic rings. The predicted molar refractivity (Wildman–Crippen MR) is 80.5 cm³/mol. The molecule has 1 unspecified atom stereocenters. The Morgan fingerprint density at radius 1 is 1.18 bits per heavy atom. The van der Waals surface area contributed by atoms with E-state index in [2.05, 4.69) is 19.9 Å². The fourth-order valence-corrected chi connectivity index (χ4v) is 2.87. The molecule has 2 aromatic rings. The first-order valence-electron chi connectivity index (χ1n) is 6.79. The number of hydrogen-bond acceptors (Lipinski definition) is 7. The second kappa shape index (κ2) is 5.96. The standard InChI is InChI=1S/C14H16N4O3S/c1-20-9-6-15-12(18-14(9)22(3)19)10-11(8-4-5-8)16-7-17-13(10)21-2/h6-8H,4-5H2,1-3H3. The van der Waals surface area contributed by atoms with Crippen molar-refractivity contribution in [3.05, 3.63) is 18.2 Å². The summed E-state index contributed by atoms with van der Waals surface area (Å²) >= 11 is 0. The number of hydrogen-bond donors (Lipinski definition) is 0. The van der Waals surface area contributed by atoms with E-state index in [1.165, 1.54) is 19.6 Å². The van der Waals surface area contributed by atoms with Crippen LogP contribution in [0, 0.1) is 0 Å². The van der Waals surface area contributed by atoms with E-state index < -0.39 is 10.8 Å². The highest BCUT2D eigenvalue weighted by molar-refractivity contribution is 7.84. The van der Waals surface area contributed by atoms with Crippen molar-refractivity contribution in [2.75, 3.05) is 20.5 Å². The number of methoxy groups -OCH3 is 2. The minimum atomic E-state index is -1.29. The Kier molecular flexibility index (Phi) is 4.02. The number of nitrogens with zero attached hydrogens (tertiary/aromatic N) is 4. The van der Waals surface area contributed by atoms with E-state index in [1.807, 2.05) is 0 Å². The van der Waals surface area contributed by atoms with Gasteiger partial charge in [0.25, 0.3) is 0 Å². The van der Waals surface area contributed by atoms with Crippen LogP contribution >= 0.6 is 0 Å². The predicted octanol–water partition coefficient (Wildman–Crippen LogP) is 1.57. The molecule has 0 aromatic carbocycles. The molecular formula is C14H16N4O3S. The first kappa shape index (κ1) is 14.8. The van der Waals surface area contributed by atoms with Crippen molar-refractivity contribution in [1.82, 2.24) is 19.9 Å². The van der Waals surface area contributed by atoms with Crippen molar-refractivity contribution in [1.29, 1.82) is 0 Å². The molecule has 0 aliphatic heterocycles. The smallest absolute Gasteiger partial charge is 0.227 e. The average Bonchev–Trinajstić information content (AvgIpc) is 3.38. The van der Waals surface area contributed by atoms with Gasteiger partial charge < -0.3 is 9.47 Å². The van der Waals surface area contributed by atoms with Crippen molar-refractivity contribution in [3.8, 4) is 23.0 Å². The van der Waals surface area contributed by atoms with Crippen LogP contribution in [-0.2, 0) is 10.8 Å². The molecule has 1 fully saturated rings. The van der Waals surface area contributed by atoms with Gasteiger partial charge in [0.1, 0.15) is 11.9 Å². The highest BCUT2D eigenvalue weighted by Crippen LogP contribution is 2.44. The second-order valence-corrected chi connectivity index (χ2v) is 6.23. The summed E-state index contributed by atoms with van der Waals surface area (Å²) in [5.41, 5.74) is 1.55. The quantitative estimate of drug-likeness (QED) is 0.773. The minimum absolute atomic E-state index is 0.347. The zero-order valence-electron chi connectivity index (χ0n) is 12.6. The van der Waals surface area contributed by atoms with Gasteiger partial charge in [0.05, 0.1) is 36.9 Å². The van der Waals surface area contributed by atoms with Gasteiger partial charge in [0.15, 0.2) is 16.6 Å². The molecule has 0 bridgehead atoms. The molecule has 2 heterocycles. The summed E-state index contributed by atoms with van der Waals surface area (Å²) in [6.45, 7) is 0. The van der Waals surface area contributed by atoms with Crippen LogP contribution in [0.25, 0.3) is 11.4 Å². The van der Waals surface area contributed by atoms with Crippen LogP contribution in [0.5, 0.6) is 11.6 Å².